The Morgan fingerprint density at radius 2 is 2.14 bits per heavy atom. The van der Waals surface area contributed by atoms with Gasteiger partial charge in [-0.05, 0) is 63.9 Å². The van der Waals surface area contributed by atoms with Gasteiger partial charge in [-0.25, -0.2) is 4.98 Å². The predicted octanol–water partition coefficient (Wildman–Crippen LogP) is 2.82. The Kier molecular flexibility index (Phi) is 3.42. The van der Waals surface area contributed by atoms with Crippen LogP contribution in [0.25, 0.3) is 10.2 Å². The Hall–Kier alpha value is -1.46. The Morgan fingerprint density at radius 3 is 2.86 bits per heavy atom. The molecule has 1 aromatic heterocycles. The minimum atomic E-state index is 0.0400. The summed E-state index contributed by atoms with van der Waals surface area (Å²) in [5.41, 5.74) is 1.65. The Labute approximate surface area is 134 Å². The highest BCUT2D eigenvalue weighted by molar-refractivity contribution is 7.18. The average Bonchev–Trinajstić information content (AvgIpc) is 2.90. The van der Waals surface area contributed by atoms with Crippen LogP contribution in [0.2, 0.25) is 0 Å². The van der Waals surface area contributed by atoms with Gasteiger partial charge >= 0.3 is 0 Å². The molecule has 3 aliphatic rings. The van der Waals surface area contributed by atoms with Crippen molar-refractivity contribution in [1.82, 2.24) is 15.2 Å². The Balaban J connectivity index is 1.55. The summed E-state index contributed by atoms with van der Waals surface area (Å²) in [6, 6.07) is 6.57. The van der Waals surface area contributed by atoms with Gasteiger partial charge in [0.15, 0.2) is 0 Å². The molecule has 3 fully saturated rings. The number of aryl methyl sites for hydroxylation is 1. The molecule has 22 heavy (non-hydrogen) atoms. The summed E-state index contributed by atoms with van der Waals surface area (Å²) >= 11 is 1.67. The van der Waals surface area contributed by atoms with E-state index in [9.17, 15) is 4.79 Å². The molecule has 5 heteroatoms. The first kappa shape index (κ1) is 14.2. The number of aromatic nitrogens is 1. The summed E-state index contributed by atoms with van der Waals surface area (Å²) in [7, 11) is 0. The molecule has 5 rings (SSSR count). The molecule has 1 aromatic carbocycles. The third kappa shape index (κ3) is 2.32. The number of carbonyl (C=O) groups excluding carboxylic acids is 1. The van der Waals surface area contributed by atoms with Gasteiger partial charge in [0.2, 0.25) is 0 Å². The standard InChI is InChI=1S/C17H21N3OS/c1-10-16(12-5-7-20(10)8-6-12)19-17(21)13-3-4-15-14(9-13)18-11(2)22-15/h3-4,9-10,12,16H,5-8H2,1-2H3,(H,19,21). The smallest absolute Gasteiger partial charge is 0.251 e. The van der Waals surface area contributed by atoms with Crippen LogP contribution < -0.4 is 5.32 Å². The van der Waals surface area contributed by atoms with Crippen LogP contribution in [-0.4, -0.2) is 41.0 Å². The number of fused-ring (bicyclic) bond motifs is 4. The fraction of sp³-hybridized carbons (Fsp3) is 0.529. The predicted molar refractivity (Wildman–Crippen MR) is 89.4 cm³/mol. The van der Waals surface area contributed by atoms with E-state index < -0.39 is 0 Å². The Bertz CT molecular complexity index is 716. The minimum Gasteiger partial charge on any atom is -0.347 e. The summed E-state index contributed by atoms with van der Waals surface area (Å²) in [5, 5.41) is 4.32. The molecule has 3 saturated heterocycles. The molecule has 0 aliphatic carbocycles. The molecule has 3 aliphatic heterocycles. The maximum absolute atomic E-state index is 12.6. The summed E-state index contributed by atoms with van der Waals surface area (Å²) in [5.74, 6) is 0.673. The van der Waals surface area contributed by atoms with E-state index in [0.717, 1.165) is 20.8 Å². The van der Waals surface area contributed by atoms with Crippen LogP contribution in [0, 0.1) is 12.8 Å². The maximum Gasteiger partial charge on any atom is 0.251 e. The lowest BCUT2D eigenvalue weighted by atomic mass is 9.79. The van der Waals surface area contributed by atoms with Crippen molar-refractivity contribution >= 4 is 27.5 Å². The van der Waals surface area contributed by atoms with Gasteiger partial charge in [-0.15, -0.1) is 11.3 Å². The second-order valence-electron chi connectivity index (χ2n) is 6.53. The van der Waals surface area contributed by atoms with Crippen LogP contribution >= 0.6 is 11.3 Å². The van der Waals surface area contributed by atoms with Gasteiger partial charge in [-0.3, -0.25) is 9.69 Å². The van der Waals surface area contributed by atoms with Crippen LogP contribution in [0.5, 0.6) is 0 Å². The summed E-state index contributed by atoms with van der Waals surface area (Å²) in [6.45, 7) is 6.60. The lowest BCUT2D eigenvalue weighted by Crippen LogP contribution is -2.62. The van der Waals surface area contributed by atoms with E-state index in [4.69, 9.17) is 0 Å². The third-order valence-electron chi connectivity index (χ3n) is 5.23. The molecule has 2 unspecified atom stereocenters. The summed E-state index contributed by atoms with van der Waals surface area (Å²) in [4.78, 5) is 19.6. The van der Waals surface area contributed by atoms with Crippen molar-refractivity contribution in [3.05, 3.63) is 28.8 Å². The van der Waals surface area contributed by atoms with Gasteiger partial charge in [-0.1, -0.05) is 0 Å². The number of benzene rings is 1. The topological polar surface area (TPSA) is 45.2 Å². The van der Waals surface area contributed by atoms with Crippen molar-refractivity contribution in [3.63, 3.8) is 0 Å². The van der Waals surface area contributed by atoms with E-state index in [1.807, 2.05) is 25.1 Å². The lowest BCUT2D eigenvalue weighted by molar-refractivity contribution is 0.0217. The molecule has 116 valence electrons. The molecular weight excluding hydrogens is 294 g/mol. The maximum atomic E-state index is 12.6. The van der Waals surface area contributed by atoms with Gasteiger partial charge in [0.1, 0.15) is 0 Å². The number of carbonyl (C=O) groups is 1. The molecule has 4 nitrogen and oxygen atoms in total. The second kappa shape index (κ2) is 5.32. The Morgan fingerprint density at radius 1 is 1.36 bits per heavy atom. The normalized spacial score (nSPS) is 30.6. The fourth-order valence-electron chi connectivity index (χ4n) is 3.96. The first-order valence-corrected chi connectivity index (χ1v) is 8.85. The highest BCUT2D eigenvalue weighted by Crippen LogP contribution is 2.32. The number of nitrogens with one attached hydrogen (secondary N) is 1. The highest BCUT2D eigenvalue weighted by Gasteiger charge is 2.40. The number of piperidine rings is 3. The second-order valence-corrected chi connectivity index (χ2v) is 7.76. The van der Waals surface area contributed by atoms with Crippen LogP contribution in [-0.2, 0) is 0 Å². The van der Waals surface area contributed by atoms with Crippen molar-refractivity contribution < 1.29 is 4.79 Å². The van der Waals surface area contributed by atoms with Crippen LogP contribution in [0.15, 0.2) is 18.2 Å². The SMILES string of the molecule is Cc1nc2cc(C(=O)NC3C4CCN(CC4)C3C)ccc2s1. The highest BCUT2D eigenvalue weighted by atomic mass is 32.1. The van der Waals surface area contributed by atoms with Crippen molar-refractivity contribution in [2.24, 2.45) is 5.92 Å². The molecule has 1 amide bonds. The number of nitrogens with zero attached hydrogens (tertiary/aromatic N) is 2. The van der Waals surface area contributed by atoms with E-state index >= 15 is 0 Å². The van der Waals surface area contributed by atoms with E-state index in [2.05, 4.69) is 22.1 Å². The van der Waals surface area contributed by atoms with Crippen molar-refractivity contribution in [2.45, 2.75) is 38.8 Å². The zero-order chi connectivity index (χ0) is 15.3. The first-order valence-electron chi connectivity index (χ1n) is 8.04. The molecular formula is C17H21N3OS. The molecule has 0 radical (unpaired) electrons. The van der Waals surface area contributed by atoms with E-state index in [1.165, 1.54) is 25.9 Å². The molecule has 0 spiro atoms. The van der Waals surface area contributed by atoms with E-state index in [1.54, 1.807) is 11.3 Å². The first-order chi connectivity index (χ1) is 10.6. The third-order valence-corrected chi connectivity index (χ3v) is 6.18. The molecule has 1 N–H and O–H groups in total. The van der Waals surface area contributed by atoms with Crippen LogP contribution in [0.1, 0.15) is 35.1 Å². The molecule has 0 saturated carbocycles. The number of thiazole rings is 1. The van der Waals surface area contributed by atoms with Crippen LogP contribution in [0.4, 0.5) is 0 Å². The molecule has 2 aromatic rings. The lowest BCUT2D eigenvalue weighted by Gasteiger charge is -2.49. The van der Waals surface area contributed by atoms with Gasteiger partial charge in [0.25, 0.3) is 5.91 Å². The number of hydrogen-bond acceptors (Lipinski definition) is 4. The quantitative estimate of drug-likeness (QED) is 0.927. The summed E-state index contributed by atoms with van der Waals surface area (Å²) < 4.78 is 1.14. The zero-order valence-electron chi connectivity index (χ0n) is 13.0. The van der Waals surface area contributed by atoms with E-state index in [-0.39, 0.29) is 11.9 Å². The largest absolute Gasteiger partial charge is 0.347 e. The fourth-order valence-corrected chi connectivity index (χ4v) is 4.77. The molecule has 2 atom stereocenters. The van der Waals surface area contributed by atoms with Crippen molar-refractivity contribution in [1.29, 1.82) is 0 Å². The van der Waals surface area contributed by atoms with Gasteiger partial charge in [0, 0.05) is 17.6 Å². The number of hydrogen-bond donors (Lipinski definition) is 1. The van der Waals surface area contributed by atoms with Crippen molar-refractivity contribution in [2.75, 3.05) is 13.1 Å². The molecule has 4 heterocycles. The van der Waals surface area contributed by atoms with Gasteiger partial charge in [-0.2, -0.15) is 0 Å². The zero-order valence-corrected chi connectivity index (χ0v) is 13.8. The number of rotatable bonds is 2. The minimum absolute atomic E-state index is 0.0400. The molecule has 2 bridgehead atoms. The summed E-state index contributed by atoms with van der Waals surface area (Å²) in [6.07, 6.45) is 2.42. The van der Waals surface area contributed by atoms with Crippen LogP contribution in [0.3, 0.4) is 0 Å². The monoisotopic (exact) mass is 315 g/mol. The van der Waals surface area contributed by atoms with Crippen molar-refractivity contribution in [3.8, 4) is 0 Å². The van der Waals surface area contributed by atoms with Gasteiger partial charge < -0.3 is 5.32 Å². The number of amides is 1. The average molecular weight is 315 g/mol. The van der Waals surface area contributed by atoms with Gasteiger partial charge in [0.05, 0.1) is 15.2 Å². The van der Waals surface area contributed by atoms with E-state index in [0.29, 0.717) is 12.0 Å².